The third-order valence-corrected chi connectivity index (χ3v) is 6.33. The monoisotopic (exact) mass is 571 g/mol. The van der Waals surface area contributed by atoms with Crippen molar-refractivity contribution in [1.29, 1.82) is 0 Å². The third-order valence-electron chi connectivity index (χ3n) is 6.33. The van der Waals surface area contributed by atoms with Crippen molar-refractivity contribution in [2.75, 3.05) is 39.3 Å². The molecule has 1 amide bonds. The molecule has 0 unspecified atom stereocenters. The molecule has 1 saturated heterocycles. The Morgan fingerprint density at radius 3 is 2.61 bits per heavy atom. The number of carbonyl (C=O) groups excluding carboxylic acids is 1. The van der Waals surface area contributed by atoms with Crippen LogP contribution in [0.1, 0.15) is 56.6 Å². The Morgan fingerprint density at radius 2 is 1.94 bits per heavy atom. The zero-order chi connectivity index (χ0) is 22.8. The highest BCUT2D eigenvalue weighted by Crippen LogP contribution is 2.31. The van der Waals surface area contributed by atoms with E-state index in [1.807, 2.05) is 0 Å². The number of hydrogen-bond acceptors (Lipinski definition) is 4. The Hall–Kier alpha value is -1.55. The van der Waals surface area contributed by atoms with Gasteiger partial charge in [-0.2, -0.15) is 0 Å². The van der Waals surface area contributed by atoms with Gasteiger partial charge in [-0.05, 0) is 89.6 Å². The Kier molecular flexibility index (Phi) is 12.3. The SMILES string of the molecule is CCNC(=NCc1ccc(C)cc1OCC1CC1)NCCCCN1CCC(C(N)=O)CC1.I. The summed E-state index contributed by atoms with van der Waals surface area (Å²) in [5, 5.41) is 6.80. The van der Waals surface area contributed by atoms with Gasteiger partial charge in [0.15, 0.2) is 5.96 Å². The fraction of sp³-hybridized carbons (Fsp3) is 0.680. The lowest BCUT2D eigenvalue weighted by Gasteiger charge is -2.30. The molecule has 1 heterocycles. The summed E-state index contributed by atoms with van der Waals surface area (Å²) in [7, 11) is 0. The largest absolute Gasteiger partial charge is 0.493 e. The lowest BCUT2D eigenvalue weighted by molar-refractivity contribution is -0.123. The Morgan fingerprint density at radius 1 is 1.18 bits per heavy atom. The number of halogens is 1. The summed E-state index contributed by atoms with van der Waals surface area (Å²) in [5.41, 5.74) is 7.77. The van der Waals surface area contributed by atoms with Crippen molar-refractivity contribution in [2.45, 2.75) is 58.9 Å². The number of benzene rings is 1. The average Bonchev–Trinajstić information content (AvgIpc) is 3.61. The van der Waals surface area contributed by atoms with Crippen LogP contribution in [-0.2, 0) is 11.3 Å². The molecule has 7 nitrogen and oxygen atoms in total. The van der Waals surface area contributed by atoms with Gasteiger partial charge in [-0.15, -0.1) is 24.0 Å². The van der Waals surface area contributed by atoms with E-state index in [4.69, 9.17) is 15.5 Å². The first-order chi connectivity index (χ1) is 15.5. The van der Waals surface area contributed by atoms with Crippen LogP contribution >= 0.6 is 24.0 Å². The molecule has 2 aliphatic rings. The Labute approximate surface area is 216 Å². The van der Waals surface area contributed by atoms with Crippen molar-refractivity contribution >= 4 is 35.8 Å². The molecule has 2 fully saturated rings. The van der Waals surface area contributed by atoms with Crippen molar-refractivity contribution in [3.63, 3.8) is 0 Å². The van der Waals surface area contributed by atoms with Crippen LogP contribution in [-0.4, -0.2) is 56.1 Å². The van der Waals surface area contributed by atoms with Gasteiger partial charge in [-0.25, -0.2) is 4.99 Å². The summed E-state index contributed by atoms with van der Waals surface area (Å²) in [5.74, 6) is 2.48. The number of aryl methyl sites for hydroxylation is 1. The molecule has 1 aliphatic carbocycles. The van der Waals surface area contributed by atoms with Gasteiger partial charge < -0.3 is 26.0 Å². The van der Waals surface area contributed by atoms with E-state index in [2.05, 4.69) is 47.6 Å². The van der Waals surface area contributed by atoms with Gasteiger partial charge in [0, 0.05) is 24.6 Å². The number of guanidine groups is 1. The Bertz CT molecular complexity index is 761. The molecule has 186 valence electrons. The van der Waals surface area contributed by atoms with Crippen molar-refractivity contribution in [3.8, 4) is 5.75 Å². The van der Waals surface area contributed by atoms with Crippen molar-refractivity contribution in [2.24, 2.45) is 22.6 Å². The molecule has 0 spiro atoms. The number of likely N-dealkylation sites (tertiary alicyclic amines) is 1. The number of nitrogens with zero attached hydrogens (tertiary/aromatic N) is 2. The molecule has 4 N–H and O–H groups in total. The molecular weight excluding hydrogens is 529 g/mol. The maximum absolute atomic E-state index is 11.3. The van der Waals surface area contributed by atoms with Crippen LogP contribution in [0.25, 0.3) is 0 Å². The Balaban J connectivity index is 0.00000385. The molecule has 0 aromatic heterocycles. The van der Waals surface area contributed by atoms with Gasteiger partial charge in [-0.1, -0.05) is 12.1 Å². The number of unbranched alkanes of at least 4 members (excludes halogenated alkanes) is 1. The maximum atomic E-state index is 11.3. The molecule has 0 radical (unpaired) electrons. The fourth-order valence-corrected chi connectivity index (χ4v) is 4.03. The lowest BCUT2D eigenvalue weighted by Crippen LogP contribution is -2.39. The molecule has 1 aliphatic heterocycles. The zero-order valence-electron chi connectivity index (χ0n) is 20.3. The first kappa shape index (κ1) is 27.7. The molecule has 1 saturated carbocycles. The maximum Gasteiger partial charge on any atom is 0.220 e. The third kappa shape index (κ3) is 10.1. The highest BCUT2D eigenvalue weighted by Gasteiger charge is 2.23. The molecular formula is C25H42IN5O2. The number of rotatable bonds is 12. The molecule has 33 heavy (non-hydrogen) atoms. The van der Waals surface area contributed by atoms with E-state index < -0.39 is 0 Å². The smallest absolute Gasteiger partial charge is 0.220 e. The van der Waals surface area contributed by atoms with E-state index in [1.165, 1.54) is 18.4 Å². The van der Waals surface area contributed by atoms with Crippen molar-refractivity contribution < 1.29 is 9.53 Å². The highest BCUT2D eigenvalue weighted by atomic mass is 127. The molecule has 0 atom stereocenters. The molecule has 0 bridgehead atoms. The van der Waals surface area contributed by atoms with Crippen LogP contribution in [0.4, 0.5) is 0 Å². The average molecular weight is 572 g/mol. The topological polar surface area (TPSA) is 92.0 Å². The normalized spacial score (nSPS) is 17.3. The van der Waals surface area contributed by atoms with Crippen LogP contribution in [0.3, 0.4) is 0 Å². The molecule has 3 rings (SSSR count). The summed E-state index contributed by atoms with van der Waals surface area (Å²) >= 11 is 0. The molecule has 8 heteroatoms. The molecule has 1 aromatic carbocycles. The second-order valence-electron chi connectivity index (χ2n) is 9.21. The van der Waals surface area contributed by atoms with E-state index in [9.17, 15) is 4.79 Å². The van der Waals surface area contributed by atoms with Crippen molar-refractivity contribution in [3.05, 3.63) is 29.3 Å². The number of nitrogens with two attached hydrogens (primary N) is 1. The first-order valence-electron chi connectivity index (χ1n) is 12.3. The van der Waals surface area contributed by atoms with Gasteiger partial charge in [0.25, 0.3) is 0 Å². The van der Waals surface area contributed by atoms with Crippen LogP contribution < -0.4 is 21.1 Å². The van der Waals surface area contributed by atoms with Crippen LogP contribution in [0.15, 0.2) is 23.2 Å². The number of ether oxygens (including phenoxy) is 1. The van der Waals surface area contributed by atoms with Crippen LogP contribution in [0.2, 0.25) is 0 Å². The summed E-state index contributed by atoms with van der Waals surface area (Å²) in [6.45, 7) is 10.4. The number of hydrogen-bond donors (Lipinski definition) is 3. The minimum atomic E-state index is -0.142. The highest BCUT2D eigenvalue weighted by molar-refractivity contribution is 14.0. The minimum Gasteiger partial charge on any atom is -0.493 e. The van der Waals surface area contributed by atoms with Gasteiger partial charge in [0.05, 0.1) is 13.2 Å². The van der Waals surface area contributed by atoms with E-state index in [1.54, 1.807) is 0 Å². The second-order valence-corrected chi connectivity index (χ2v) is 9.21. The van der Waals surface area contributed by atoms with Crippen LogP contribution in [0.5, 0.6) is 5.75 Å². The van der Waals surface area contributed by atoms with Crippen molar-refractivity contribution in [1.82, 2.24) is 15.5 Å². The number of aliphatic imine (C=N–C) groups is 1. The predicted octanol–water partition coefficient (Wildman–Crippen LogP) is 3.43. The number of nitrogens with one attached hydrogen (secondary N) is 2. The van der Waals surface area contributed by atoms with Gasteiger partial charge in [0.1, 0.15) is 5.75 Å². The van der Waals surface area contributed by atoms with E-state index in [0.29, 0.717) is 6.54 Å². The number of piperidine rings is 1. The quantitative estimate of drug-likeness (QED) is 0.155. The lowest BCUT2D eigenvalue weighted by atomic mass is 9.96. The summed E-state index contributed by atoms with van der Waals surface area (Å²) in [6.07, 6.45) is 6.59. The van der Waals surface area contributed by atoms with E-state index in [0.717, 1.165) is 88.2 Å². The molecule has 1 aromatic rings. The van der Waals surface area contributed by atoms with Crippen LogP contribution in [0, 0.1) is 18.8 Å². The fourth-order valence-electron chi connectivity index (χ4n) is 4.03. The first-order valence-corrected chi connectivity index (χ1v) is 12.3. The summed E-state index contributed by atoms with van der Waals surface area (Å²) < 4.78 is 6.08. The summed E-state index contributed by atoms with van der Waals surface area (Å²) in [6, 6.07) is 6.38. The van der Waals surface area contributed by atoms with Gasteiger partial charge in [0.2, 0.25) is 5.91 Å². The number of primary amides is 1. The number of amides is 1. The van der Waals surface area contributed by atoms with Gasteiger partial charge >= 0.3 is 0 Å². The second kappa shape index (κ2) is 14.7. The van der Waals surface area contributed by atoms with E-state index in [-0.39, 0.29) is 35.8 Å². The zero-order valence-corrected chi connectivity index (χ0v) is 22.6. The predicted molar refractivity (Wildman–Crippen MR) is 145 cm³/mol. The van der Waals surface area contributed by atoms with E-state index >= 15 is 0 Å². The summed E-state index contributed by atoms with van der Waals surface area (Å²) in [4.78, 5) is 18.5. The minimum absolute atomic E-state index is 0. The number of carbonyl (C=O) groups is 1. The van der Waals surface area contributed by atoms with Gasteiger partial charge in [-0.3, -0.25) is 4.79 Å². The standard InChI is InChI=1S/C25H41N5O2.HI/c1-3-27-25(28-12-4-5-13-30-14-10-21(11-15-30)24(26)31)29-17-22-9-6-19(2)16-23(22)32-18-20-7-8-20;/h6,9,16,20-21H,3-5,7-8,10-15,17-18H2,1-2H3,(H2,26,31)(H2,27,28,29);1H.